The van der Waals surface area contributed by atoms with Crippen LogP contribution in [0.5, 0.6) is 0 Å². The van der Waals surface area contributed by atoms with E-state index in [-0.39, 0.29) is 24.6 Å². The maximum absolute atomic E-state index is 12.7. The zero-order valence-electron chi connectivity index (χ0n) is 14.8. The second-order valence-corrected chi connectivity index (χ2v) is 6.02. The summed E-state index contributed by atoms with van der Waals surface area (Å²) in [6.07, 6.45) is 0.300. The summed E-state index contributed by atoms with van der Waals surface area (Å²) in [5.41, 5.74) is 0.982. The van der Waals surface area contributed by atoms with Crippen molar-refractivity contribution in [3.63, 3.8) is 0 Å². The Labute approximate surface area is 155 Å². The van der Waals surface area contributed by atoms with Gasteiger partial charge in [-0.3, -0.25) is 18.7 Å². The van der Waals surface area contributed by atoms with Gasteiger partial charge in [0.25, 0.3) is 5.56 Å². The average Bonchev–Trinajstić information content (AvgIpc) is 2.67. The first-order chi connectivity index (χ1) is 13.0. The molecule has 3 aromatic rings. The van der Waals surface area contributed by atoms with Crippen LogP contribution < -0.4 is 16.6 Å². The van der Waals surface area contributed by atoms with E-state index in [9.17, 15) is 14.4 Å². The van der Waals surface area contributed by atoms with Crippen molar-refractivity contribution in [1.82, 2.24) is 9.13 Å². The number of amides is 1. The number of anilines is 1. The van der Waals surface area contributed by atoms with Crippen molar-refractivity contribution in [1.29, 1.82) is 5.26 Å². The molecule has 136 valence electrons. The van der Waals surface area contributed by atoms with Crippen molar-refractivity contribution in [3.05, 3.63) is 74.9 Å². The number of hydrogen-bond donors (Lipinski definition) is 1. The molecule has 27 heavy (non-hydrogen) atoms. The summed E-state index contributed by atoms with van der Waals surface area (Å²) in [5, 5.41) is 11.8. The summed E-state index contributed by atoms with van der Waals surface area (Å²) in [7, 11) is 0. The molecular weight excluding hydrogens is 344 g/mol. The highest BCUT2D eigenvalue weighted by molar-refractivity contribution is 5.91. The Balaban J connectivity index is 1.92. The molecule has 0 fully saturated rings. The third-order valence-corrected chi connectivity index (χ3v) is 4.27. The zero-order chi connectivity index (χ0) is 19.4. The van der Waals surface area contributed by atoms with Gasteiger partial charge < -0.3 is 5.32 Å². The minimum Gasteiger partial charge on any atom is -0.325 e. The lowest BCUT2D eigenvalue weighted by atomic mass is 10.1. The molecule has 0 unspecified atom stereocenters. The second kappa shape index (κ2) is 7.70. The first-order valence-corrected chi connectivity index (χ1v) is 8.53. The minimum atomic E-state index is -0.513. The van der Waals surface area contributed by atoms with Gasteiger partial charge in [-0.05, 0) is 36.8 Å². The number of nitriles is 1. The van der Waals surface area contributed by atoms with Crippen LogP contribution in [0.4, 0.5) is 5.69 Å². The SMILES string of the molecule is CCn1c(=O)c2ccccc2n(CC(=O)Nc2ccc(CC#N)cc2)c1=O. The molecule has 1 heterocycles. The Bertz CT molecular complexity index is 1150. The highest BCUT2D eigenvalue weighted by Crippen LogP contribution is 2.11. The molecule has 0 saturated heterocycles. The summed E-state index contributed by atoms with van der Waals surface area (Å²) in [5.74, 6) is -0.378. The summed E-state index contributed by atoms with van der Waals surface area (Å²) in [6.45, 7) is 1.73. The van der Waals surface area contributed by atoms with Crippen LogP contribution >= 0.6 is 0 Å². The van der Waals surface area contributed by atoms with E-state index >= 15 is 0 Å². The molecule has 1 amide bonds. The maximum Gasteiger partial charge on any atom is 0.331 e. The molecule has 0 saturated carbocycles. The molecular formula is C20H18N4O3. The molecule has 7 heteroatoms. The molecule has 0 radical (unpaired) electrons. The summed E-state index contributed by atoms with van der Waals surface area (Å²) < 4.78 is 2.42. The molecule has 3 rings (SSSR count). The van der Waals surface area contributed by atoms with Crippen LogP contribution in [-0.4, -0.2) is 15.0 Å². The molecule has 0 spiro atoms. The van der Waals surface area contributed by atoms with Gasteiger partial charge in [0.2, 0.25) is 5.91 Å². The van der Waals surface area contributed by atoms with Crippen LogP contribution in [0, 0.1) is 11.3 Å². The van der Waals surface area contributed by atoms with Gasteiger partial charge in [0.1, 0.15) is 6.54 Å². The van der Waals surface area contributed by atoms with Crippen LogP contribution in [0.15, 0.2) is 58.1 Å². The second-order valence-electron chi connectivity index (χ2n) is 6.02. The number of nitrogens with zero attached hydrogens (tertiary/aromatic N) is 3. The summed E-state index contributed by atoms with van der Waals surface area (Å²) >= 11 is 0. The van der Waals surface area contributed by atoms with E-state index in [1.165, 1.54) is 4.57 Å². The normalized spacial score (nSPS) is 10.5. The van der Waals surface area contributed by atoms with E-state index in [0.29, 0.717) is 23.0 Å². The van der Waals surface area contributed by atoms with Gasteiger partial charge in [-0.2, -0.15) is 5.26 Å². The summed E-state index contributed by atoms with van der Waals surface area (Å²) in [6, 6.07) is 15.7. The first-order valence-electron chi connectivity index (χ1n) is 8.53. The Hall–Kier alpha value is -3.66. The molecule has 2 aromatic carbocycles. The van der Waals surface area contributed by atoms with Gasteiger partial charge in [0.15, 0.2) is 0 Å². The highest BCUT2D eigenvalue weighted by atomic mass is 16.2. The van der Waals surface area contributed by atoms with Crippen molar-refractivity contribution in [2.75, 3.05) is 5.32 Å². The van der Waals surface area contributed by atoms with Crippen LogP contribution in [0.1, 0.15) is 12.5 Å². The standard InChI is InChI=1S/C20H18N4O3/c1-2-23-19(26)16-5-3-4-6-17(16)24(20(23)27)13-18(25)22-15-9-7-14(8-10-15)11-12-21/h3-10H,2,11,13H2,1H3,(H,22,25). The lowest BCUT2D eigenvalue weighted by Crippen LogP contribution is -2.41. The van der Waals surface area contributed by atoms with E-state index in [4.69, 9.17) is 5.26 Å². The quantitative estimate of drug-likeness (QED) is 0.749. The average molecular weight is 362 g/mol. The van der Waals surface area contributed by atoms with Crippen molar-refractivity contribution in [2.24, 2.45) is 0 Å². The van der Waals surface area contributed by atoms with E-state index in [2.05, 4.69) is 11.4 Å². The number of benzene rings is 2. The topological polar surface area (TPSA) is 96.9 Å². The van der Waals surface area contributed by atoms with Gasteiger partial charge in [0.05, 0.1) is 23.4 Å². The molecule has 0 aliphatic heterocycles. The third kappa shape index (κ3) is 3.65. The van der Waals surface area contributed by atoms with Crippen molar-refractivity contribution >= 4 is 22.5 Å². The van der Waals surface area contributed by atoms with Gasteiger partial charge in [-0.1, -0.05) is 24.3 Å². The Kier molecular flexibility index (Phi) is 5.18. The fraction of sp³-hybridized carbons (Fsp3) is 0.200. The molecule has 0 bridgehead atoms. The maximum atomic E-state index is 12.7. The van der Waals surface area contributed by atoms with E-state index in [1.54, 1.807) is 55.5 Å². The number of rotatable bonds is 5. The molecule has 1 N–H and O–H groups in total. The number of fused-ring (bicyclic) bond motifs is 1. The third-order valence-electron chi connectivity index (χ3n) is 4.27. The first kappa shape index (κ1) is 18.1. The molecule has 0 aliphatic rings. The Morgan fingerprint density at radius 1 is 1.07 bits per heavy atom. The van der Waals surface area contributed by atoms with Gasteiger partial charge >= 0.3 is 5.69 Å². The van der Waals surface area contributed by atoms with Crippen molar-refractivity contribution in [3.8, 4) is 6.07 Å². The lowest BCUT2D eigenvalue weighted by molar-refractivity contribution is -0.116. The van der Waals surface area contributed by atoms with Crippen molar-refractivity contribution < 1.29 is 4.79 Å². The smallest absolute Gasteiger partial charge is 0.325 e. The zero-order valence-corrected chi connectivity index (χ0v) is 14.8. The van der Waals surface area contributed by atoms with Gasteiger partial charge in [-0.25, -0.2) is 4.79 Å². The monoisotopic (exact) mass is 362 g/mol. The minimum absolute atomic E-state index is 0.209. The number of nitrogens with one attached hydrogen (secondary N) is 1. The van der Waals surface area contributed by atoms with Crippen LogP contribution in [0.2, 0.25) is 0 Å². The molecule has 0 atom stereocenters. The lowest BCUT2D eigenvalue weighted by Gasteiger charge is -2.13. The largest absolute Gasteiger partial charge is 0.331 e. The number of carbonyl (C=O) groups is 1. The predicted octanol–water partition coefficient (Wildman–Crippen LogP) is 1.89. The molecule has 1 aromatic heterocycles. The highest BCUT2D eigenvalue weighted by Gasteiger charge is 2.14. The van der Waals surface area contributed by atoms with E-state index in [0.717, 1.165) is 10.1 Å². The van der Waals surface area contributed by atoms with Crippen LogP contribution in [0.3, 0.4) is 0 Å². The Morgan fingerprint density at radius 2 is 1.78 bits per heavy atom. The van der Waals surface area contributed by atoms with Crippen molar-refractivity contribution in [2.45, 2.75) is 26.4 Å². The van der Waals surface area contributed by atoms with Gasteiger partial charge in [-0.15, -0.1) is 0 Å². The fourth-order valence-corrected chi connectivity index (χ4v) is 2.94. The predicted molar refractivity (Wildman–Crippen MR) is 103 cm³/mol. The number of aromatic nitrogens is 2. The number of para-hydroxylation sites is 1. The fourth-order valence-electron chi connectivity index (χ4n) is 2.94. The van der Waals surface area contributed by atoms with Crippen LogP contribution in [-0.2, 0) is 24.3 Å². The summed E-state index contributed by atoms with van der Waals surface area (Å²) in [4.78, 5) is 37.5. The van der Waals surface area contributed by atoms with E-state index < -0.39 is 5.69 Å². The number of carbonyl (C=O) groups excluding carboxylic acids is 1. The Morgan fingerprint density at radius 3 is 2.44 bits per heavy atom. The molecule has 7 nitrogen and oxygen atoms in total. The number of hydrogen-bond acceptors (Lipinski definition) is 4. The van der Waals surface area contributed by atoms with Gasteiger partial charge in [0, 0.05) is 12.2 Å². The van der Waals surface area contributed by atoms with Crippen LogP contribution in [0.25, 0.3) is 10.9 Å². The molecule has 0 aliphatic carbocycles. The van der Waals surface area contributed by atoms with E-state index in [1.807, 2.05) is 0 Å².